The number of anilines is 1. The van der Waals surface area contributed by atoms with Crippen molar-refractivity contribution in [1.29, 1.82) is 0 Å². The Morgan fingerprint density at radius 1 is 0.714 bits per heavy atom. The molecule has 0 aliphatic rings. The highest BCUT2D eigenvalue weighted by Gasteiger charge is 2.15. The number of hydrogen-bond donors (Lipinski definition) is 1. The Morgan fingerprint density at radius 2 is 1.40 bits per heavy atom. The minimum Gasteiger partial charge on any atom is -0.322 e. The SMILES string of the molecule is O=C(Nc1ccc(N=Nc2ccccc2)cc1)c1cc(-c2ccc(Cl)c(Cl)c2)nc2ccccc12. The lowest BCUT2D eigenvalue weighted by molar-refractivity contribution is 0.102. The predicted molar refractivity (Wildman–Crippen MR) is 142 cm³/mol. The summed E-state index contributed by atoms with van der Waals surface area (Å²) in [6, 6.07) is 31.2. The van der Waals surface area contributed by atoms with Crippen molar-refractivity contribution in [3.05, 3.63) is 119 Å². The van der Waals surface area contributed by atoms with Gasteiger partial charge in [-0.2, -0.15) is 10.2 Å². The zero-order valence-electron chi connectivity index (χ0n) is 18.3. The van der Waals surface area contributed by atoms with Gasteiger partial charge in [0.1, 0.15) is 0 Å². The number of azo groups is 1. The first-order valence-corrected chi connectivity index (χ1v) is 11.6. The normalized spacial score (nSPS) is 11.1. The summed E-state index contributed by atoms with van der Waals surface area (Å²) in [5.74, 6) is -0.247. The van der Waals surface area contributed by atoms with Crippen LogP contribution in [0.3, 0.4) is 0 Å². The number of rotatable bonds is 5. The summed E-state index contributed by atoms with van der Waals surface area (Å²) in [6.07, 6.45) is 0. The van der Waals surface area contributed by atoms with Crippen LogP contribution in [0.5, 0.6) is 0 Å². The number of carbonyl (C=O) groups is 1. The molecule has 1 aromatic heterocycles. The summed E-state index contributed by atoms with van der Waals surface area (Å²) in [4.78, 5) is 18.0. The van der Waals surface area contributed by atoms with Crippen LogP contribution in [-0.2, 0) is 0 Å². The number of para-hydroxylation sites is 1. The fraction of sp³-hybridized carbons (Fsp3) is 0. The molecule has 0 atom stereocenters. The van der Waals surface area contributed by atoms with Gasteiger partial charge in [0.15, 0.2) is 0 Å². The number of fused-ring (bicyclic) bond motifs is 1. The molecule has 5 aromatic rings. The number of nitrogens with zero attached hydrogens (tertiary/aromatic N) is 3. The zero-order chi connectivity index (χ0) is 24.2. The molecule has 5 nitrogen and oxygen atoms in total. The summed E-state index contributed by atoms with van der Waals surface area (Å²) in [5.41, 5.74) is 4.71. The van der Waals surface area contributed by atoms with E-state index in [-0.39, 0.29) is 5.91 Å². The fourth-order valence-electron chi connectivity index (χ4n) is 3.59. The van der Waals surface area contributed by atoms with Crippen LogP contribution in [0, 0.1) is 0 Å². The van der Waals surface area contributed by atoms with E-state index < -0.39 is 0 Å². The molecule has 0 aliphatic carbocycles. The van der Waals surface area contributed by atoms with E-state index in [1.165, 1.54) is 0 Å². The average Bonchev–Trinajstić information content (AvgIpc) is 2.90. The van der Waals surface area contributed by atoms with E-state index in [0.29, 0.717) is 38.2 Å². The molecule has 0 bridgehead atoms. The van der Waals surface area contributed by atoms with Crippen molar-refractivity contribution in [3.8, 4) is 11.3 Å². The lowest BCUT2D eigenvalue weighted by Crippen LogP contribution is -2.13. The van der Waals surface area contributed by atoms with Crippen LogP contribution in [0.15, 0.2) is 113 Å². The smallest absolute Gasteiger partial charge is 0.256 e. The molecule has 0 fully saturated rings. The molecule has 7 heteroatoms. The molecule has 35 heavy (non-hydrogen) atoms. The largest absolute Gasteiger partial charge is 0.322 e. The minimum absolute atomic E-state index is 0.247. The van der Waals surface area contributed by atoms with E-state index in [1.54, 1.807) is 42.5 Å². The van der Waals surface area contributed by atoms with Crippen molar-refractivity contribution in [3.63, 3.8) is 0 Å². The molecule has 170 valence electrons. The number of carbonyl (C=O) groups excluding carboxylic acids is 1. The van der Waals surface area contributed by atoms with Crippen molar-refractivity contribution in [2.45, 2.75) is 0 Å². The first kappa shape index (κ1) is 22.7. The van der Waals surface area contributed by atoms with E-state index in [2.05, 4.69) is 15.5 Å². The fourth-order valence-corrected chi connectivity index (χ4v) is 3.88. The van der Waals surface area contributed by atoms with Crippen molar-refractivity contribution in [2.75, 3.05) is 5.32 Å². The van der Waals surface area contributed by atoms with E-state index in [4.69, 9.17) is 28.2 Å². The van der Waals surface area contributed by atoms with Gasteiger partial charge in [0.05, 0.1) is 38.2 Å². The molecular weight excluding hydrogens is 479 g/mol. The van der Waals surface area contributed by atoms with Gasteiger partial charge in [0, 0.05) is 16.6 Å². The van der Waals surface area contributed by atoms with E-state index >= 15 is 0 Å². The van der Waals surface area contributed by atoms with Gasteiger partial charge >= 0.3 is 0 Å². The maximum absolute atomic E-state index is 13.3. The maximum atomic E-state index is 13.3. The Kier molecular flexibility index (Phi) is 6.53. The number of benzene rings is 4. The lowest BCUT2D eigenvalue weighted by atomic mass is 10.0. The predicted octanol–water partition coefficient (Wildman–Crippen LogP) is 8.88. The van der Waals surface area contributed by atoms with Gasteiger partial charge in [-0.15, -0.1) is 0 Å². The molecule has 4 aromatic carbocycles. The van der Waals surface area contributed by atoms with Crippen molar-refractivity contribution in [1.82, 2.24) is 4.98 Å². The maximum Gasteiger partial charge on any atom is 0.256 e. The van der Waals surface area contributed by atoms with Crippen LogP contribution in [0.4, 0.5) is 17.1 Å². The molecule has 0 aliphatic heterocycles. The average molecular weight is 497 g/mol. The Morgan fingerprint density at radius 3 is 2.14 bits per heavy atom. The highest BCUT2D eigenvalue weighted by atomic mass is 35.5. The van der Waals surface area contributed by atoms with Crippen molar-refractivity contribution < 1.29 is 4.79 Å². The number of pyridine rings is 1. The van der Waals surface area contributed by atoms with Gasteiger partial charge in [0.2, 0.25) is 0 Å². The summed E-state index contributed by atoms with van der Waals surface area (Å²) in [6.45, 7) is 0. The van der Waals surface area contributed by atoms with Crippen LogP contribution >= 0.6 is 23.2 Å². The second-order valence-electron chi connectivity index (χ2n) is 7.74. The number of nitrogens with one attached hydrogen (secondary N) is 1. The number of aromatic nitrogens is 1. The first-order valence-electron chi connectivity index (χ1n) is 10.8. The van der Waals surface area contributed by atoms with E-state index in [1.807, 2.05) is 60.7 Å². The third-order valence-corrected chi connectivity index (χ3v) is 6.08. The Labute approximate surface area is 212 Å². The van der Waals surface area contributed by atoms with Gasteiger partial charge in [-0.3, -0.25) is 4.79 Å². The van der Waals surface area contributed by atoms with Gasteiger partial charge in [0.25, 0.3) is 5.91 Å². The first-order chi connectivity index (χ1) is 17.1. The van der Waals surface area contributed by atoms with E-state index in [0.717, 1.165) is 16.6 Å². The summed E-state index contributed by atoms with van der Waals surface area (Å²) in [5, 5.41) is 13.1. The van der Waals surface area contributed by atoms with Gasteiger partial charge < -0.3 is 5.32 Å². The van der Waals surface area contributed by atoms with Gasteiger partial charge in [-0.1, -0.05) is 65.7 Å². The highest BCUT2D eigenvalue weighted by Crippen LogP contribution is 2.30. The quantitative estimate of drug-likeness (QED) is 0.247. The number of hydrogen-bond acceptors (Lipinski definition) is 4. The summed E-state index contributed by atoms with van der Waals surface area (Å²) >= 11 is 12.3. The van der Waals surface area contributed by atoms with Crippen LogP contribution in [0.1, 0.15) is 10.4 Å². The second-order valence-corrected chi connectivity index (χ2v) is 8.55. The van der Waals surface area contributed by atoms with Gasteiger partial charge in [-0.25, -0.2) is 4.98 Å². The third kappa shape index (κ3) is 5.22. The Balaban J connectivity index is 1.42. The Bertz CT molecular complexity index is 1550. The van der Waals surface area contributed by atoms with Crippen LogP contribution in [0.2, 0.25) is 10.0 Å². The van der Waals surface area contributed by atoms with E-state index in [9.17, 15) is 4.79 Å². The van der Waals surface area contributed by atoms with Crippen LogP contribution < -0.4 is 5.32 Å². The molecule has 0 saturated heterocycles. The topological polar surface area (TPSA) is 66.7 Å². The molecular formula is C28H18Cl2N4O. The van der Waals surface area contributed by atoms with Gasteiger partial charge in [-0.05, 0) is 60.7 Å². The van der Waals surface area contributed by atoms with Crippen LogP contribution in [-0.4, -0.2) is 10.9 Å². The van der Waals surface area contributed by atoms with Crippen molar-refractivity contribution >= 4 is 57.1 Å². The highest BCUT2D eigenvalue weighted by molar-refractivity contribution is 6.42. The molecule has 1 N–H and O–H groups in total. The second kappa shape index (κ2) is 10.1. The molecule has 0 unspecified atom stereocenters. The molecule has 1 heterocycles. The monoisotopic (exact) mass is 496 g/mol. The van der Waals surface area contributed by atoms with Crippen molar-refractivity contribution in [2.24, 2.45) is 10.2 Å². The molecule has 0 saturated carbocycles. The molecule has 0 radical (unpaired) electrons. The summed E-state index contributed by atoms with van der Waals surface area (Å²) in [7, 11) is 0. The third-order valence-electron chi connectivity index (χ3n) is 5.34. The lowest BCUT2D eigenvalue weighted by Gasteiger charge is -2.11. The minimum atomic E-state index is -0.247. The molecule has 0 spiro atoms. The zero-order valence-corrected chi connectivity index (χ0v) is 19.8. The Hall–Kier alpha value is -4.06. The number of halogens is 2. The molecule has 1 amide bonds. The molecule has 5 rings (SSSR count). The number of amides is 1. The standard InChI is InChI=1S/C28H18Cl2N4O/c29-24-15-10-18(16-25(24)30)27-17-23(22-8-4-5-9-26(22)32-27)28(35)31-19-11-13-21(14-12-19)34-33-20-6-2-1-3-7-20/h1-17H,(H,31,35). The summed E-state index contributed by atoms with van der Waals surface area (Å²) < 4.78 is 0. The van der Waals surface area contributed by atoms with Crippen LogP contribution in [0.25, 0.3) is 22.2 Å².